The van der Waals surface area contributed by atoms with E-state index in [1.54, 1.807) is 11.8 Å². The molecule has 122 valence electrons. The van der Waals surface area contributed by atoms with Crippen molar-refractivity contribution in [3.05, 3.63) is 41.3 Å². The van der Waals surface area contributed by atoms with E-state index in [9.17, 15) is 4.79 Å². The number of carbonyl (C=O) groups is 1. The molecule has 0 aliphatic carbocycles. The van der Waals surface area contributed by atoms with Gasteiger partial charge in [-0.3, -0.25) is 0 Å². The first-order chi connectivity index (χ1) is 10.9. The highest BCUT2D eigenvalue weighted by Gasteiger charge is 2.00. The standard InChI is InChI=1S/C20H30OS/c1-2-3-4-5-6-7-8-9-11-16-20(17-18-21)22-19-14-12-10-13-15-19/h10,12-16,18H,2-9,11,17H2,1H3/b20-16+. The molecule has 2 heteroatoms. The summed E-state index contributed by atoms with van der Waals surface area (Å²) in [5.41, 5.74) is 0. The second-order valence-electron chi connectivity index (χ2n) is 5.72. The molecule has 1 rings (SSSR count). The van der Waals surface area contributed by atoms with Crippen LogP contribution in [0.3, 0.4) is 0 Å². The second kappa shape index (κ2) is 13.6. The maximum absolute atomic E-state index is 10.8. The Bertz CT molecular complexity index is 411. The van der Waals surface area contributed by atoms with Crippen LogP contribution in [0, 0.1) is 0 Å². The van der Waals surface area contributed by atoms with E-state index in [-0.39, 0.29) is 0 Å². The first kappa shape index (κ1) is 19.0. The van der Waals surface area contributed by atoms with Crippen LogP contribution in [0.4, 0.5) is 0 Å². The zero-order chi connectivity index (χ0) is 15.9. The molecule has 0 saturated heterocycles. The van der Waals surface area contributed by atoms with Gasteiger partial charge in [-0.05, 0) is 29.9 Å². The molecule has 1 aromatic carbocycles. The van der Waals surface area contributed by atoms with E-state index in [0.717, 1.165) is 12.7 Å². The smallest absolute Gasteiger partial charge is 0.124 e. The molecule has 0 saturated carbocycles. The Morgan fingerprint density at radius 2 is 1.59 bits per heavy atom. The van der Waals surface area contributed by atoms with Gasteiger partial charge in [-0.25, -0.2) is 0 Å². The highest BCUT2D eigenvalue weighted by molar-refractivity contribution is 8.03. The van der Waals surface area contributed by atoms with Gasteiger partial charge in [0.2, 0.25) is 0 Å². The highest BCUT2D eigenvalue weighted by atomic mass is 32.2. The van der Waals surface area contributed by atoms with Crippen molar-refractivity contribution < 1.29 is 4.79 Å². The molecule has 0 aromatic heterocycles. The first-order valence-corrected chi connectivity index (χ1v) is 9.54. The molecule has 0 N–H and O–H groups in total. The van der Waals surface area contributed by atoms with Gasteiger partial charge in [-0.1, -0.05) is 87.9 Å². The van der Waals surface area contributed by atoms with Gasteiger partial charge in [0.05, 0.1) is 0 Å². The van der Waals surface area contributed by atoms with Gasteiger partial charge in [0.1, 0.15) is 6.29 Å². The van der Waals surface area contributed by atoms with Crippen molar-refractivity contribution in [3.8, 4) is 0 Å². The summed E-state index contributed by atoms with van der Waals surface area (Å²) < 4.78 is 0. The van der Waals surface area contributed by atoms with E-state index in [1.165, 1.54) is 61.2 Å². The minimum absolute atomic E-state index is 0.538. The van der Waals surface area contributed by atoms with Crippen LogP contribution in [-0.4, -0.2) is 6.29 Å². The summed E-state index contributed by atoms with van der Waals surface area (Å²) in [7, 11) is 0. The summed E-state index contributed by atoms with van der Waals surface area (Å²) in [5, 5.41) is 0. The first-order valence-electron chi connectivity index (χ1n) is 8.72. The molecule has 0 amide bonds. The molecule has 0 atom stereocenters. The quantitative estimate of drug-likeness (QED) is 0.226. The lowest BCUT2D eigenvalue weighted by molar-refractivity contribution is -0.107. The predicted molar refractivity (Wildman–Crippen MR) is 98.3 cm³/mol. The minimum Gasteiger partial charge on any atom is -0.303 e. The number of rotatable bonds is 13. The van der Waals surface area contributed by atoms with Crippen molar-refractivity contribution in [2.24, 2.45) is 0 Å². The van der Waals surface area contributed by atoms with Crippen molar-refractivity contribution in [2.45, 2.75) is 76.0 Å². The molecule has 0 unspecified atom stereocenters. The zero-order valence-electron chi connectivity index (χ0n) is 13.9. The van der Waals surface area contributed by atoms with E-state index in [0.29, 0.717) is 6.42 Å². The average molecular weight is 319 g/mol. The molecule has 0 fully saturated rings. The van der Waals surface area contributed by atoms with Crippen LogP contribution in [0.2, 0.25) is 0 Å². The van der Waals surface area contributed by atoms with Crippen LogP contribution in [-0.2, 0) is 4.79 Å². The van der Waals surface area contributed by atoms with E-state index < -0.39 is 0 Å². The zero-order valence-corrected chi connectivity index (χ0v) is 14.7. The number of thioether (sulfide) groups is 1. The number of carbonyl (C=O) groups excluding carboxylic acids is 1. The van der Waals surface area contributed by atoms with Gasteiger partial charge in [0.15, 0.2) is 0 Å². The lowest BCUT2D eigenvalue weighted by atomic mass is 10.1. The fraction of sp³-hybridized carbons (Fsp3) is 0.550. The minimum atomic E-state index is 0.538. The van der Waals surface area contributed by atoms with E-state index in [2.05, 4.69) is 25.1 Å². The Hall–Kier alpha value is -1.02. The summed E-state index contributed by atoms with van der Waals surface area (Å²) in [6, 6.07) is 10.3. The Morgan fingerprint density at radius 3 is 2.23 bits per heavy atom. The predicted octanol–water partition coefficient (Wildman–Crippen LogP) is 6.78. The van der Waals surface area contributed by atoms with Crippen molar-refractivity contribution in [1.82, 2.24) is 0 Å². The monoisotopic (exact) mass is 318 g/mol. The van der Waals surface area contributed by atoms with Crippen LogP contribution in [0.1, 0.15) is 71.1 Å². The lowest BCUT2D eigenvalue weighted by Gasteiger charge is -2.04. The highest BCUT2D eigenvalue weighted by Crippen LogP contribution is 2.28. The van der Waals surface area contributed by atoms with Gasteiger partial charge in [0, 0.05) is 11.3 Å². The van der Waals surface area contributed by atoms with Crippen molar-refractivity contribution in [3.63, 3.8) is 0 Å². The Balaban J connectivity index is 2.18. The maximum Gasteiger partial charge on any atom is 0.124 e. The van der Waals surface area contributed by atoms with Crippen LogP contribution in [0.25, 0.3) is 0 Å². The summed E-state index contributed by atoms with van der Waals surface area (Å²) in [4.78, 5) is 13.2. The third-order valence-corrected chi connectivity index (χ3v) is 4.81. The van der Waals surface area contributed by atoms with Gasteiger partial charge < -0.3 is 4.79 Å². The largest absolute Gasteiger partial charge is 0.303 e. The van der Waals surface area contributed by atoms with Crippen molar-refractivity contribution in [1.29, 1.82) is 0 Å². The maximum atomic E-state index is 10.8. The number of unbranched alkanes of at least 4 members (excludes halogenated alkanes) is 8. The summed E-state index contributed by atoms with van der Waals surface area (Å²) in [5.74, 6) is 0. The molecule has 22 heavy (non-hydrogen) atoms. The average Bonchev–Trinajstić information content (AvgIpc) is 2.54. The third kappa shape index (κ3) is 9.83. The van der Waals surface area contributed by atoms with Crippen LogP contribution in [0.15, 0.2) is 46.2 Å². The topological polar surface area (TPSA) is 17.1 Å². The Morgan fingerprint density at radius 1 is 0.955 bits per heavy atom. The van der Waals surface area contributed by atoms with Crippen molar-refractivity contribution in [2.75, 3.05) is 0 Å². The van der Waals surface area contributed by atoms with E-state index >= 15 is 0 Å². The fourth-order valence-electron chi connectivity index (χ4n) is 2.43. The second-order valence-corrected chi connectivity index (χ2v) is 6.92. The molecule has 1 nitrogen and oxygen atoms in total. The van der Waals surface area contributed by atoms with Crippen LogP contribution < -0.4 is 0 Å². The van der Waals surface area contributed by atoms with Crippen molar-refractivity contribution >= 4 is 18.0 Å². The normalized spacial score (nSPS) is 11.6. The molecule has 1 aromatic rings. The number of hydrogen-bond donors (Lipinski definition) is 0. The number of allylic oxidation sites excluding steroid dienone is 2. The summed E-state index contributed by atoms with van der Waals surface area (Å²) >= 11 is 1.72. The molecule has 0 radical (unpaired) electrons. The number of benzene rings is 1. The molecule has 0 heterocycles. The van der Waals surface area contributed by atoms with E-state index in [4.69, 9.17) is 0 Å². The van der Waals surface area contributed by atoms with Gasteiger partial charge in [-0.2, -0.15) is 0 Å². The van der Waals surface area contributed by atoms with Gasteiger partial charge >= 0.3 is 0 Å². The Labute approximate surface area is 140 Å². The molecule has 0 bridgehead atoms. The molecule has 0 aliphatic heterocycles. The van der Waals surface area contributed by atoms with Crippen LogP contribution >= 0.6 is 11.8 Å². The number of hydrogen-bond acceptors (Lipinski definition) is 2. The third-order valence-electron chi connectivity index (χ3n) is 3.71. The Kier molecular flexibility index (Phi) is 11.8. The molecular formula is C20H30OS. The fourth-order valence-corrected chi connectivity index (χ4v) is 3.38. The van der Waals surface area contributed by atoms with Crippen LogP contribution in [0.5, 0.6) is 0 Å². The van der Waals surface area contributed by atoms with Gasteiger partial charge in [0.25, 0.3) is 0 Å². The SMILES string of the molecule is CCCCCCCCCC/C=C(\CC=O)Sc1ccccc1. The number of aldehydes is 1. The summed E-state index contributed by atoms with van der Waals surface area (Å²) in [6.07, 6.45) is 15.7. The van der Waals surface area contributed by atoms with E-state index in [1.807, 2.05) is 18.2 Å². The molecule has 0 spiro atoms. The molecule has 0 aliphatic rings. The van der Waals surface area contributed by atoms with Gasteiger partial charge in [-0.15, -0.1) is 0 Å². The lowest BCUT2D eigenvalue weighted by Crippen LogP contribution is -1.83. The summed E-state index contributed by atoms with van der Waals surface area (Å²) in [6.45, 7) is 2.26. The molecular weight excluding hydrogens is 288 g/mol.